The predicted octanol–water partition coefficient (Wildman–Crippen LogP) is 3.15. The van der Waals surface area contributed by atoms with Crippen molar-refractivity contribution in [1.82, 2.24) is 0 Å². The fraction of sp³-hybridized carbons (Fsp3) is 0.188. The first-order chi connectivity index (χ1) is 10.4. The summed E-state index contributed by atoms with van der Waals surface area (Å²) in [5.74, 6) is 0.662. The summed E-state index contributed by atoms with van der Waals surface area (Å²) < 4.78 is 32.7. The van der Waals surface area contributed by atoms with E-state index in [1.54, 1.807) is 36.4 Å². The summed E-state index contributed by atoms with van der Waals surface area (Å²) in [6.07, 6.45) is 0.0463. The molecule has 22 heavy (non-hydrogen) atoms. The molecule has 0 amide bonds. The molecule has 0 spiro atoms. The van der Waals surface area contributed by atoms with Gasteiger partial charge in [-0.2, -0.15) is 5.26 Å². The molecule has 0 unspecified atom stereocenters. The van der Waals surface area contributed by atoms with Crippen LogP contribution in [0.15, 0.2) is 53.4 Å². The van der Waals surface area contributed by atoms with E-state index in [-0.39, 0.29) is 16.6 Å². The van der Waals surface area contributed by atoms with Crippen molar-refractivity contribution in [2.24, 2.45) is 0 Å². The summed E-state index contributed by atoms with van der Waals surface area (Å²) in [7, 11) is -3.81. The Morgan fingerprint density at radius 2 is 1.73 bits per heavy atom. The van der Waals surface area contributed by atoms with E-state index in [0.717, 1.165) is 0 Å². The number of anilines is 1. The summed E-state index contributed by atoms with van der Waals surface area (Å²) in [4.78, 5) is -0.0417. The molecule has 2 rings (SSSR count). The maximum absolute atomic E-state index is 12.4. The van der Waals surface area contributed by atoms with Gasteiger partial charge >= 0.3 is 0 Å². The molecule has 5 nitrogen and oxygen atoms in total. The number of ether oxygens (including phenoxy) is 1. The van der Waals surface area contributed by atoms with Crippen molar-refractivity contribution in [1.29, 1.82) is 5.26 Å². The third kappa shape index (κ3) is 3.77. The molecule has 0 radical (unpaired) electrons. The smallest absolute Gasteiger partial charge is 0.263 e. The minimum atomic E-state index is -3.81. The normalized spacial score (nSPS) is 11.0. The van der Waals surface area contributed by atoms with E-state index in [4.69, 9.17) is 10.00 Å². The minimum Gasteiger partial charge on any atom is -0.491 e. The van der Waals surface area contributed by atoms with Crippen LogP contribution in [0.3, 0.4) is 0 Å². The molecule has 0 atom stereocenters. The van der Waals surface area contributed by atoms with Crippen LogP contribution in [0, 0.1) is 11.3 Å². The van der Waals surface area contributed by atoms with Gasteiger partial charge in [-0.15, -0.1) is 0 Å². The number of nitrogens with zero attached hydrogens (tertiary/aromatic N) is 1. The maximum Gasteiger partial charge on any atom is 0.263 e. The zero-order valence-corrected chi connectivity index (χ0v) is 13.1. The standard InChI is InChI=1S/C16H16N2O3S/c1-12(2)21-15-9-7-14(8-10-15)18-22(19,20)16-6-4-3-5-13(16)11-17/h3-10,12,18H,1-2H3. The molecule has 6 heteroatoms. The largest absolute Gasteiger partial charge is 0.491 e. The molecular weight excluding hydrogens is 300 g/mol. The Morgan fingerprint density at radius 1 is 1.09 bits per heavy atom. The number of sulfonamides is 1. The molecule has 0 fully saturated rings. The number of nitrogens with one attached hydrogen (secondary N) is 1. The Bertz CT molecular complexity index is 791. The van der Waals surface area contributed by atoms with E-state index in [9.17, 15) is 8.42 Å². The average Bonchev–Trinajstić information content (AvgIpc) is 2.48. The van der Waals surface area contributed by atoms with Gasteiger partial charge in [0.25, 0.3) is 10.0 Å². The topological polar surface area (TPSA) is 79.2 Å². The molecule has 0 saturated carbocycles. The molecule has 0 aliphatic rings. The van der Waals surface area contributed by atoms with Crippen LogP contribution in [-0.2, 0) is 10.0 Å². The van der Waals surface area contributed by atoms with Gasteiger partial charge in [-0.25, -0.2) is 8.42 Å². The highest BCUT2D eigenvalue weighted by Crippen LogP contribution is 2.21. The molecule has 2 aromatic rings. The van der Waals surface area contributed by atoms with E-state index >= 15 is 0 Å². The summed E-state index contributed by atoms with van der Waals surface area (Å²) in [6, 6.07) is 14.6. The van der Waals surface area contributed by atoms with Crippen LogP contribution in [0.2, 0.25) is 0 Å². The van der Waals surface area contributed by atoms with Crippen LogP contribution in [0.1, 0.15) is 19.4 Å². The monoisotopic (exact) mass is 316 g/mol. The lowest BCUT2D eigenvalue weighted by atomic mass is 10.2. The summed E-state index contributed by atoms with van der Waals surface area (Å²) in [5.41, 5.74) is 0.513. The number of rotatable bonds is 5. The number of nitriles is 1. The van der Waals surface area contributed by atoms with Gasteiger partial charge in [0.1, 0.15) is 16.7 Å². The lowest BCUT2D eigenvalue weighted by Crippen LogP contribution is -2.14. The summed E-state index contributed by atoms with van der Waals surface area (Å²) in [5, 5.41) is 9.01. The van der Waals surface area contributed by atoms with Gasteiger partial charge in [-0.1, -0.05) is 12.1 Å². The zero-order valence-electron chi connectivity index (χ0n) is 12.3. The van der Waals surface area contributed by atoms with E-state index in [0.29, 0.717) is 11.4 Å². The molecule has 1 N–H and O–H groups in total. The van der Waals surface area contributed by atoms with E-state index in [1.807, 2.05) is 19.9 Å². The first-order valence-electron chi connectivity index (χ1n) is 6.71. The molecule has 0 aromatic heterocycles. The predicted molar refractivity (Wildman–Crippen MR) is 84.2 cm³/mol. The van der Waals surface area contributed by atoms with Crippen molar-refractivity contribution < 1.29 is 13.2 Å². The van der Waals surface area contributed by atoms with Gasteiger partial charge < -0.3 is 4.74 Å². The molecule has 0 heterocycles. The first-order valence-corrected chi connectivity index (χ1v) is 8.19. The van der Waals surface area contributed by atoms with Crippen LogP contribution < -0.4 is 9.46 Å². The third-order valence-electron chi connectivity index (χ3n) is 2.78. The fourth-order valence-electron chi connectivity index (χ4n) is 1.88. The Morgan fingerprint density at radius 3 is 2.32 bits per heavy atom. The van der Waals surface area contributed by atoms with Gasteiger partial charge in [-0.3, -0.25) is 4.72 Å². The molecule has 0 aliphatic heterocycles. The quantitative estimate of drug-likeness (QED) is 0.919. The van der Waals surface area contributed by atoms with Crippen molar-refractivity contribution in [3.05, 3.63) is 54.1 Å². The van der Waals surface area contributed by atoms with Crippen LogP contribution in [0.25, 0.3) is 0 Å². The van der Waals surface area contributed by atoms with Crippen LogP contribution in [0.4, 0.5) is 5.69 Å². The highest BCUT2D eigenvalue weighted by Gasteiger charge is 2.18. The van der Waals surface area contributed by atoms with Crippen LogP contribution in [0.5, 0.6) is 5.75 Å². The second kappa shape index (κ2) is 6.50. The SMILES string of the molecule is CC(C)Oc1ccc(NS(=O)(=O)c2ccccc2C#N)cc1. The third-order valence-corrected chi connectivity index (χ3v) is 4.21. The van der Waals surface area contributed by atoms with Gasteiger partial charge in [0.15, 0.2) is 0 Å². The maximum atomic E-state index is 12.4. The minimum absolute atomic E-state index is 0.0417. The highest BCUT2D eigenvalue weighted by atomic mass is 32.2. The average molecular weight is 316 g/mol. The van der Waals surface area contributed by atoms with Gasteiger partial charge in [0.2, 0.25) is 0 Å². The summed E-state index contributed by atoms with van der Waals surface area (Å²) in [6.45, 7) is 3.82. The van der Waals surface area contributed by atoms with E-state index < -0.39 is 10.0 Å². The molecule has 114 valence electrons. The molecule has 0 bridgehead atoms. The zero-order chi connectivity index (χ0) is 16.2. The number of hydrogen-bond acceptors (Lipinski definition) is 4. The lowest BCUT2D eigenvalue weighted by Gasteiger charge is -2.12. The number of benzene rings is 2. The second-order valence-electron chi connectivity index (χ2n) is 4.90. The van der Waals surface area contributed by atoms with Crippen molar-refractivity contribution >= 4 is 15.7 Å². The number of hydrogen-bond donors (Lipinski definition) is 1. The highest BCUT2D eigenvalue weighted by molar-refractivity contribution is 7.92. The van der Waals surface area contributed by atoms with Crippen molar-refractivity contribution in [3.8, 4) is 11.8 Å². The van der Waals surface area contributed by atoms with Crippen LogP contribution in [-0.4, -0.2) is 14.5 Å². The van der Waals surface area contributed by atoms with Gasteiger partial charge in [0, 0.05) is 5.69 Å². The Hall–Kier alpha value is -2.52. The van der Waals surface area contributed by atoms with E-state index in [1.165, 1.54) is 12.1 Å². The molecule has 0 aliphatic carbocycles. The van der Waals surface area contributed by atoms with Crippen molar-refractivity contribution in [2.75, 3.05) is 4.72 Å². The van der Waals surface area contributed by atoms with E-state index in [2.05, 4.69) is 4.72 Å². The Kier molecular flexibility index (Phi) is 4.68. The van der Waals surface area contributed by atoms with Crippen LogP contribution >= 0.6 is 0 Å². The summed E-state index contributed by atoms with van der Waals surface area (Å²) >= 11 is 0. The second-order valence-corrected chi connectivity index (χ2v) is 6.56. The van der Waals surface area contributed by atoms with Gasteiger partial charge in [-0.05, 0) is 50.2 Å². The molecule has 2 aromatic carbocycles. The Balaban J connectivity index is 2.24. The van der Waals surface area contributed by atoms with Gasteiger partial charge in [0.05, 0.1) is 11.7 Å². The molecular formula is C16H16N2O3S. The fourth-order valence-corrected chi connectivity index (χ4v) is 3.09. The first kappa shape index (κ1) is 15.9. The van der Waals surface area contributed by atoms with Crippen molar-refractivity contribution in [3.63, 3.8) is 0 Å². The molecule has 0 saturated heterocycles. The van der Waals surface area contributed by atoms with Crippen molar-refractivity contribution in [2.45, 2.75) is 24.8 Å². The lowest BCUT2D eigenvalue weighted by molar-refractivity contribution is 0.242. The Labute approximate surface area is 130 Å².